The molecule has 1 fully saturated rings. The third kappa shape index (κ3) is 5.71. The molecule has 1 amide bonds. The molecule has 2 N–H and O–H groups in total. The molecule has 214 valence electrons. The average molecular weight is 573 g/mol. The molecular weight excluding hydrogens is 548 g/mol. The molecule has 11 nitrogen and oxygen atoms in total. The second kappa shape index (κ2) is 11.2. The molecule has 1 atom stereocenters. The zero-order valence-corrected chi connectivity index (χ0v) is 21.6. The van der Waals surface area contributed by atoms with Crippen LogP contribution in [0.3, 0.4) is 0 Å². The molecule has 1 aromatic carbocycles. The maximum Gasteiger partial charge on any atom is 0.419 e. The van der Waals surface area contributed by atoms with E-state index in [9.17, 15) is 27.2 Å². The number of alkyl halides is 3. The number of nitrogens with one attached hydrogen (secondary N) is 1. The van der Waals surface area contributed by atoms with Crippen LogP contribution < -0.4 is 10.9 Å². The third-order valence-corrected chi connectivity index (χ3v) is 6.72. The number of carbonyl (C=O) groups is 1. The van der Waals surface area contributed by atoms with Crippen LogP contribution in [0.2, 0.25) is 0 Å². The number of aliphatic hydroxyl groups is 1. The van der Waals surface area contributed by atoms with Gasteiger partial charge in [0.2, 0.25) is 0 Å². The van der Waals surface area contributed by atoms with Crippen LogP contribution in [-0.2, 0) is 6.18 Å². The van der Waals surface area contributed by atoms with Crippen molar-refractivity contribution in [2.45, 2.75) is 25.2 Å². The number of aliphatic hydroxyl groups excluding tert-OH is 1. The van der Waals surface area contributed by atoms with Gasteiger partial charge in [0.25, 0.3) is 11.5 Å². The van der Waals surface area contributed by atoms with Crippen molar-refractivity contribution in [1.29, 1.82) is 0 Å². The molecule has 5 rings (SSSR count). The van der Waals surface area contributed by atoms with E-state index in [2.05, 4.69) is 30.6 Å². The summed E-state index contributed by atoms with van der Waals surface area (Å²) in [5.41, 5.74) is -1.11. The maximum absolute atomic E-state index is 14.6. The highest BCUT2D eigenvalue weighted by atomic mass is 19.4. The first-order valence-corrected chi connectivity index (χ1v) is 12.5. The minimum absolute atomic E-state index is 0.0410. The topological polar surface area (TPSA) is 131 Å². The molecule has 3 aromatic heterocycles. The molecule has 41 heavy (non-hydrogen) atoms. The quantitative estimate of drug-likeness (QED) is 0.308. The van der Waals surface area contributed by atoms with Crippen LogP contribution in [-0.4, -0.2) is 71.9 Å². The molecule has 1 saturated heterocycles. The molecule has 0 saturated carbocycles. The first-order chi connectivity index (χ1) is 19.6. The Morgan fingerprint density at radius 2 is 1.95 bits per heavy atom. The summed E-state index contributed by atoms with van der Waals surface area (Å²) in [7, 11) is 0. The fraction of sp³-hybridized carbons (Fsp3) is 0.308. The van der Waals surface area contributed by atoms with E-state index in [1.807, 2.05) is 0 Å². The number of hydrogen-bond acceptors (Lipinski definition) is 8. The average Bonchev–Trinajstić information content (AvgIpc) is 3.39. The number of rotatable bonds is 8. The number of pyridine rings is 1. The summed E-state index contributed by atoms with van der Waals surface area (Å²) in [5.74, 6) is -2.31. The smallest absolute Gasteiger partial charge is 0.395 e. The van der Waals surface area contributed by atoms with Crippen molar-refractivity contribution in [3.63, 3.8) is 0 Å². The molecule has 0 bridgehead atoms. The van der Waals surface area contributed by atoms with Crippen LogP contribution in [0.4, 0.5) is 17.6 Å². The molecule has 0 radical (unpaired) electrons. The largest absolute Gasteiger partial charge is 0.419 e. The van der Waals surface area contributed by atoms with Crippen molar-refractivity contribution in [3.05, 3.63) is 88.0 Å². The minimum atomic E-state index is -4.89. The van der Waals surface area contributed by atoms with Crippen molar-refractivity contribution in [2.24, 2.45) is 0 Å². The van der Waals surface area contributed by atoms with Gasteiger partial charge in [0, 0.05) is 43.0 Å². The van der Waals surface area contributed by atoms with Gasteiger partial charge in [-0.2, -0.15) is 23.0 Å². The van der Waals surface area contributed by atoms with Crippen molar-refractivity contribution < 1.29 is 27.5 Å². The van der Waals surface area contributed by atoms with E-state index in [1.165, 1.54) is 13.1 Å². The number of nitrogens with zero attached hydrogens (tertiary/aromatic N) is 7. The highest BCUT2D eigenvalue weighted by molar-refractivity contribution is 5.92. The lowest BCUT2D eigenvalue weighted by molar-refractivity contribution is -0.140. The van der Waals surface area contributed by atoms with Gasteiger partial charge in [-0.05, 0) is 25.1 Å². The SMILES string of the molecule is C[C@@H](NC(=O)c1ccc(=O)n(-c2cncc(-c3cnnn3C3CN(CCO)C3)c2)n1)c1cccc(C(F)(F)F)c1F. The molecule has 0 aliphatic carbocycles. The Hall–Kier alpha value is -4.50. The van der Waals surface area contributed by atoms with Gasteiger partial charge in [0.1, 0.15) is 11.5 Å². The minimum Gasteiger partial charge on any atom is -0.395 e. The fourth-order valence-electron chi connectivity index (χ4n) is 4.59. The molecule has 15 heteroatoms. The van der Waals surface area contributed by atoms with Crippen LogP contribution in [0.1, 0.15) is 40.6 Å². The Labute approximate surface area is 230 Å². The van der Waals surface area contributed by atoms with Gasteiger partial charge in [-0.3, -0.25) is 19.5 Å². The predicted molar refractivity (Wildman–Crippen MR) is 136 cm³/mol. The number of aromatic nitrogens is 6. The lowest BCUT2D eigenvalue weighted by Gasteiger charge is -2.39. The number of amides is 1. The summed E-state index contributed by atoms with van der Waals surface area (Å²) in [6.07, 6.45) is -0.393. The first-order valence-electron chi connectivity index (χ1n) is 12.5. The molecular formula is C26H24F4N8O3. The van der Waals surface area contributed by atoms with Gasteiger partial charge in [0.05, 0.1) is 48.0 Å². The van der Waals surface area contributed by atoms with Crippen LogP contribution in [0.25, 0.3) is 16.9 Å². The summed E-state index contributed by atoms with van der Waals surface area (Å²) in [4.78, 5) is 31.8. The fourth-order valence-corrected chi connectivity index (χ4v) is 4.59. The standard InChI is InChI=1S/C26H24F4N8O3/c1-15(19-3-2-4-20(24(19)27)26(28,29)30)33-25(41)21-5-6-23(40)38(34-21)17-9-16(10-31-11-17)22-12-32-35-37(22)18-13-36(14-18)7-8-39/h2-6,9-12,15,18,39H,7-8,13-14H2,1H3,(H,33,41)/t15-/m1/s1. The first kappa shape index (κ1) is 28.0. The number of β-amino-alcohol motifs (C(OH)–C–C–N with tert-alkyl or cyclic N) is 1. The van der Waals surface area contributed by atoms with Crippen molar-refractivity contribution >= 4 is 5.91 Å². The number of halogens is 4. The summed E-state index contributed by atoms with van der Waals surface area (Å²) >= 11 is 0. The van der Waals surface area contributed by atoms with Gasteiger partial charge in [-0.15, -0.1) is 5.10 Å². The van der Waals surface area contributed by atoms with E-state index in [0.29, 0.717) is 37.0 Å². The van der Waals surface area contributed by atoms with Gasteiger partial charge in [-0.25, -0.2) is 9.07 Å². The monoisotopic (exact) mass is 572 g/mol. The Kier molecular flexibility index (Phi) is 7.64. The number of hydrogen-bond donors (Lipinski definition) is 2. The van der Waals surface area contributed by atoms with E-state index in [1.54, 1.807) is 23.1 Å². The summed E-state index contributed by atoms with van der Waals surface area (Å²) in [6, 6.07) is 5.63. The second-order valence-electron chi connectivity index (χ2n) is 9.50. The van der Waals surface area contributed by atoms with Gasteiger partial charge < -0.3 is 10.4 Å². The number of carbonyl (C=O) groups excluding carboxylic acids is 1. The van der Waals surface area contributed by atoms with Crippen molar-refractivity contribution in [2.75, 3.05) is 26.2 Å². The highest BCUT2D eigenvalue weighted by Crippen LogP contribution is 2.34. The summed E-state index contributed by atoms with van der Waals surface area (Å²) in [6.45, 7) is 3.32. The molecule has 1 aliphatic rings. The molecule has 0 unspecified atom stereocenters. The lowest BCUT2D eigenvalue weighted by Crippen LogP contribution is -2.49. The maximum atomic E-state index is 14.6. The van der Waals surface area contributed by atoms with Crippen LogP contribution in [0, 0.1) is 5.82 Å². The normalized spacial score (nSPS) is 15.0. The predicted octanol–water partition coefficient (Wildman–Crippen LogP) is 2.38. The Morgan fingerprint density at radius 3 is 2.68 bits per heavy atom. The molecule has 4 aromatic rings. The van der Waals surface area contributed by atoms with E-state index in [0.717, 1.165) is 28.9 Å². The van der Waals surface area contributed by atoms with Gasteiger partial charge >= 0.3 is 6.18 Å². The number of benzene rings is 1. The summed E-state index contributed by atoms with van der Waals surface area (Å²) in [5, 5.41) is 23.8. The molecule has 4 heterocycles. The Morgan fingerprint density at radius 1 is 1.17 bits per heavy atom. The Bertz CT molecular complexity index is 1630. The van der Waals surface area contributed by atoms with Crippen molar-refractivity contribution in [3.8, 4) is 16.9 Å². The van der Waals surface area contributed by atoms with Crippen molar-refractivity contribution in [1.82, 2.24) is 40.0 Å². The lowest BCUT2D eigenvalue weighted by atomic mass is 10.0. The van der Waals surface area contributed by atoms with E-state index < -0.39 is 35.1 Å². The van der Waals surface area contributed by atoms with E-state index in [-0.39, 0.29) is 29.6 Å². The van der Waals surface area contributed by atoms with E-state index >= 15 is 0 Å². The second-order valence-corrected chi connectivity index (χ2v) is 9.50. The Balaban J connectivity index is 1.38. The summed E-state index contributed by atoms with van der Waals surface area (Å²) < 4.78 is 56.6. The highest BCUT2D eigenvalue weighted by Gasteiger charge is 2.35. The van der Waals surface area contributed by atoms with E-state index in [4.69, 9.17) is 5.11 Å². The van der Waals surface area contributed by atoms with Gasteiger partial charge in [0.15, 0.2) is 0 Å². The number of likely N-dealkylation sites (tertiary alicyclic amines) is 1. The van der Waals surface area contributed by atoms with Crippen LogP contribution >= 0.6 is 0 Å². The zero-order valence-electron chi connectivity index (χ0n) is 21.6. The van der Waals surface area contributed by atoms with Gasteiger partial charge in [-0.1, -0.05) is 17.3 Å². The van der Waals surface area contributed by atoms with Crippen LogP contribution in [0.5, 0.6) is 0 Å². The zero-order chi connectivity index (χ0) is 29.3. The third-order valence-electron chi connectivity index (χ3n) is 6.72. The molecule has 0 spiro atoms. The van der Waals surface area contributed by atoms with Crippen LogP contribution in [0.15, 0.2) is 59.8 Å². The molecule has 1 aliphatic heterocycles.